The molecule has 6 nitrogen and oxygen atoms in total. The van der Waals surface area contributed by atoms with Crippen molar-refractivity contribution in [3.63, 3.8) is 0 Å². The number of allylic oxidation sites excluding steroid dienone is 1. The van der Waals surface area contributed by atoms with E-state index in [1.165, 1.54) is 27.4 Å². The zero-order valence-corrected chi connectivity index (χ0v) is 17.8. The van der Waals surface area contributed by atoms with Gasteiger partial charge in [0.1, 0.15) is 23.9 Å². The minimum absolute atomic E-state index is 0.0630. The number of halogens is 1. The molecular formula is C25H21FO6. The number of hydrogen-bond donors (Lipinski definition) is 0. The molecule has 32 heavy (non-hydrogen) atoms. The van der Waals surface area contributed by atoms with Crippen molar-refractivity contribution in [2.24, 2.45) is 0 Å². The molecular weight excluding hydrogens is 415 g/mol. The molecule has 4 rings (SSSR count). The van der Waals surface area contributed by atoms with Crippen molar-refractivity contribution in [2.45, 2.75) is 6.61 Å². The molecule has 164 valence electrons. The van der Waals surface area contributed by atoms with Crippen molar-refractivity contribution in [2.75, 3.05) is 21.3 Å². The second kappa shape index (κ2) is 9.01. The minimum atomic E-state index is -0.337. The van der Waals surface area contributed by atoms with Crippen LogP contribution in [0.3, 0.4) is 0 Å². The van der Waals surface area contributed by atoms with E-state index in [0.717, 1.165) is 0 Å². The largest absolute Gasteiger partial charge is 0.493 e. The standard InChI is InChI=1S/C25H21FO6/c1-28-22-11-15(12-23(29-2)25(22)30-3)10-21-24(27)18-9-8-17(13-20(18)32-21)31-14-16-6-4-5-7-19(16)26/h4-13H,14H2,1-3H3. The topological polar surface area (TPSA) is 63.2 Å². The highest BCUT2D eigenvalue weighted by atomic mass is 19.1. The van der Waals surface area contributed by atoms with Crippen LogP contribution in [-0.4, -0.2) is 27.1 Å². The number of hydrogen-bond acceptors (Lipinski definition) is 6. The van der Waals surface area contributed by atoms with E-state index in [2.05, 4.69) is 0 Å². The molecule has 0 aromatic heterocycles. The van der Waals surface area contributed by atoms with E-state index >= 15 is 0 Å². The number of carbonyl (C=O) groups is 1. The highest BCUT2D eigenvalue weighted by molar-refractivity contribution is 6.14. The molecule has 0 bridgehead atoms. The summed E-state index contributed by atoms with van der Waals surface area (Å²) in [6.45, 7) is 0.0630. The maximum Gasteiger partial charge on any atom is 0.231 e. The SMILES string of the molecule is COc1cc(C=C2Oc3cc(OCc4ccccc4F)ccc3C2=O)cc(OC)c1OC. The zero-order valence-electron chi connectivity index (χ0n) is 17.8. The molecule has 0 amide bonds. The second-order valence-electron chi connectivity index (χ2n) is 6.94. The summed E-state index contributed by atoms with van der Waals surface area (Å²) in [5.74, 6) is 1.78. The molecule has 0 saturated carbocycles. The molecule has 3 aromatic carbocycles. The average molecular weight is 436 g/mol. The molecule has 0 unspecified atom stereocenters. The highest BCUT2D eigenvalue weighted by Gasteiger charge is 2.28. The molecule has 0 spiro atoms. The molecule has 0 fully saturated rings. The van der Waals surface area contributed by atoms with Crippen LogP contribution in [0.15, 0.2) is 60.4 Å². The molecule has 0 radical (unpaired) electrons. The first-order valence-corrected chi connectivity index (χ1v) is 9.78. The number of ketones is 1. The predicted octanol–water partition coefficient (Wildman–Crippen LogP) is 5.05. The van der Waals surface area contributed by atoms with Crippen LogP contribution < -0.4 is 23.7 Å². The van der Waals surface area contributed by atoms with Crippen molar-refractivity contribution < 1.29 is 32.9 Å². The zero-order chi connectivity index (χ0) is 22.7. The summed E-state index contributed by atoms with van der Waals surface area (Å²) in [6.07, 6.45) is 1.60. The van der Waals surface area contributed by atoms with Gasteiger partial charge in [-0.05, 0) is 42.0 Å². The van der Waals surface area contributed by atoms with E-state index in [0.29, 0.717) is 45.4 Å². The molecule has 3 aromatic rings. The Bertz CT molecular complexity index is 1180. The number of methoxy groups -OCH3 is 3. The number of rotatable bonds is 7. The Kier molecular flexibility index (Phi) is 5.98. The number of fused-ring (bicyclic) bond motifs is 1. The van der Waals surface area contributed by atoms with Crippen molar-refractivity contribution in [1.82, 2.24) is 0 Å². The van der Waals surface area contributed by atoms with E-state index < -0.39 is 0 Å². The molecule has 1 aliphatic rings. The molecule has 7 heteroatoms. The fourth-order valence-electron chi connectivity index (χ4n) is 3.37. The minimum Gasteiger partial charge on any atom is -0.493 e. The van der Waals surface area contributed by atoms with Crippen LogP contribution in [0, 0.1) is 5.82 Å². The van der Waals surface area contributed by atoms with Crippen LogP contribution in [-0.2, 0) is 6.61 Å². The lowest BCUT2D eigenvalue weighted by Gasteiger charge is -2.13. The van der Waals surface area contributed by atoms with Crippen molar-refractivity contribution in [3.8, 4) is 28.7 Å². The summed E-state index contributed by atoms with van der Waals surface area (Å²) in [7, 11) is 4.55. The maximum absolute atomic E-state index is 13.8. The summed E-state index contributed by atoms with van der Waals surface area (Å²) in [5, 5.41) is 0. The summed E-state index contributed by atoms with van der Waals surface area (Å²) in [6, 6.07) is 14.7. The first-order valence-electron chi connectivity index (χ1n) is 9.78. The normalized spacial score (nSPS) is 13.5. The molecule has 0 aliphatic carbocycles. The van der Waals surface area contributed by atoms with Gasteiger partial charge >= 0.3 is 0 Å². The predicted molar refractivity (Wildman–Crippen MR) is 116 cm³/mol. The molecule has 0 N–H and O–H groups in total. The van der Waals surface area contributed by atoms with Crippen LogP contribution in [0.5, 0.6) is 28.7 Å². The fraction of sp³-hybridized carbons (Fsp3) is 0.160. The van der Waals surface area contributed by atoms with Gasteiger partial charge in [-0.15, -0.1) is 0 Å². The molecule has 0 atom stereocenters. The van der Waals surface area contributed by atoms with Crippen LogP contribution in [0.25, 0.3) is 6.08 Å². The van der Waals surface area contributed by atoms with Crippen molar-refractivity contribution in [3.05, 3.63) is 82.9 Å². The van der Waals surface area contributed by atoms with Gasteiger partial charge < -0.3 is 23.7 Å². The average Bonchev–Trinajstić information content (AvgIpc) is 3.12. The molecule has 1 heterocycles. The van der Waals surface area contributed by atoms with Gasteiger partial charge in [0, 0.05) is 11.6 Å². The van der Waals surface area contributed by atoms with Crippen molar-refractivity contribution >= 4 is 11.9 Å². The number of carbonyl (C=O) groups excluding carboxylic acids is 1. The van der Waals surface area contributed by atoms with Gasteiger partial charge in [0.05, 0.1) is 26.9 Å². The highest BCUT2D eigenvalue weighted by Crippen LogP contribution is 2.40. The Morgan fingerprint density at radius 3 is 2.31 bits per heavy atom. The Labute approximate surface area is 184 Å². The smallest absolute Gasteiger partial charge is 0.231 e. The third-order valence-electron chi connectivity index (χ3n) is 4.98. The Balaban J connectivity index is 1.57. The van der Waals surface area contributed by atoms with E-state index in [4.69, 9.17) is 23.7 Å². The lowest BCUT2D eigenvalue weighted by atomic mass is 10.1. The first kappa shape index (κ1) is 21.2. The van der Waals surface area contributed by atoms with E-state index in [9.17, 15) is 9.18 Å². The van der Waals surface area contributed by atoms with Gasteiger partial charge in [0.2, 0.25) is 11.5 Å². The van der Waals surface area contributed by atoms with E-state index in [1.54, 1.807) is 54.6 Å². The quantitative estimate of drug-likeness (QED) is 0.483. The van der Waals surface area contributed by atoms with Crippen LogP contribution in [0.2, 0.25) is 0 Å². The monoisotopic (exact) mass is 436 g/mol. The summed E-state index contributed by atoms with van der Waals surface area (Å²) < 4.78 is 41.3. The maximum atomic E-state index is 13.8. The van der Waals surface area contributed by atoms with Gasteiger partial charge in [-0.3, -0.25) is 4.79 Å². The summed E-state index contributed by atoms with van der Waals surface area (Å²) >= 11 is 0. The Morgan fingerprint density at radius 1 is 0.938 bits per heavy atom. The lowest BCUT2D eigenvalue weighted by Crippen LogP contribution is -1.99. The van der Waals surface area contributed by atoms with Crippen molar-refractivity contribution in [1.29, 1.82) is 0 Å². The Hall–Kier alpha value is -4.00. The van der Waals surface area contributed by atoms with E-state index in [1.807, 2.05) is 0 Å². The van der Waals surface area contributed by atoms with Gasteiger partial charge in [-0.1, -0.05) is 18.2 Å². The first-order chi connectivity index (χ1) is 15.5. The molecule has 0 saturated heterocycles. The Morgan fingerprint density at radius 2 is 1.66 bits per heavy atom. The van der Waals surface area contributed by atoms with Gasteiger partial charge in [-0.2, -0.15) is 0 Å². The number of benzene rings is 3. The lowest BCUT2D eigenvalue weighted by molar-refractivity contribution is 0.101. The number of ether oxygens (including phenoxy) is 5. The van der Waals surface area contributed by atoms with E-state index in [-0.39, 0.29) is 24.0 Å². The van der Waals surface area contributed by atoms with Gasteiger partial charge in [-0.25, -0.2) is 4.39 Å². The summed E-state index contributed by atoms with van der Waals surface area (Å²) in [5.41, 5.74) is 1.50. The second-order valence-corrected chi connectivity index (χ2v) is 6.94. The third kappa shape index (κ3) is 4.09. The molecule has 1 aliphatic heterocycles. The van der Waals surface area contributed by atoms with Crippen LogP contribution in [0.1, 0.15) is 21.5 Å². The number of Topliss-reactive ketones (excluding diaryl/α,β-unsaturated/α-hetero) is 1. The summed E-state index contributed by atoms with van der Waals surface area (Å²) in [4.78, 5) is 12.8. The van der Waals surface area contributed by atoms with Gasteiger partial charge in [0.15, 0.2) is 17.3 Å². The van der Waals surface area contributed by atoms with Crippen LogP contribution in [0.4, 0.5) is 4.39 Å². The van der Waals surface area contributed by atoms with Crippen LogP contribution >= 0.6 is 0 Å². The van der Waals surface area contributed by atoms with Gasteiger partial charge in [0.25, 0.3) is 0 Å². The fourth-order valence-corrected chi connectivity index (χ4v) is 3.37. The third-order valence-corrected chi connectivity index (χ3v) is 4.98.